The van der Waals surface area contributed by atoms with Crippen molar-refractivity contribution in [2.45, 2.75) is 50.5 Å². The van der Waals surface area contributed by atoms with Crippen molar-refractivity contribution in [1.29, 1.82) is 0 Å². The summed E-state index contributed by atoms with van der Waals surface area (Å²) in [5, 5.41) is 2.73. The van der Waals surface area contributed by atoms with Crippen LogP contribution in [0.15, 0.2) is 21.9 Å². The summed E-state index contributed by atoms with van der Waals surface area (Å²) in [5.41, 5.74) is 4.07. The summed E-state index contributed by atoms with van der Waals surface area (Å²) in [6.07, 6.45) is 4.90. The van der Waals surface area contributed by atoms with Crippen molar-refractivity contribution >= 4 is 19.8 Å². The lowest BCUT2D eigenvalue weighted by Crippen LogP contribution is -2.33. The number of amides is 1. The van der Waals surface area contributed by atoms with E-state index in [2.05, 4.69) is 14.8 Å². The highest BCUT2D eigenvalue weighted by molar-refractivity contribution is 7.47. The number of ether oxygens (including phenoxy) is 2. The molecule has 1 aliphatic heterocycles. The molecule has 0 bridgehead atoms. The molecule has 34 heavy (non-hydrogen) atoms. The summed E-state index contributed by atoms with van der Waals surface area (Å²) in [4.78, 5) is 48.5. The highest BCUT2D eigenvalue weighted by Crippen LogP contribution is 2.47. The Balaban J connectivity index is 2.09. The minimum atomic E-state index is -4.31. The van der Waals surface area contributed by atoms with E-state index in [0.29, 0.717) is 13.1 Å². The highest BCUT2D eigenvalue weighted by Gasteiger charge is 2.41. The summed E-state index contributed by atoms with van der Waals surface area (Å²) < 4.78 is 33.4. The van der Waals surface area contributed by atoms with Crippen molar-refractivity contribution in [3.8, 4) is 0 Å². The first kappa shape index (κ1) is 28.1. The third-order valence-electron chi connectivity index (χ3n) is 5.16. The number of unbranched alkanes of at least 4 members (excludes halogenated alkanes) is 3. The zero-order valence-electron chi connectivity index (χ0n) is 19.3. The van der Waals surface area contributed by atoms with Crippen LogP contribution in [0.4, 0.5) is 0 Å². The van der Waals surface area contributed by atoms with Gasteiger partial charge in [-0.05, 0) is 25.5 Å². The Morgan fingerprint density at radius 3 is 2.76 bits per heavy atom. The van der Waals surface area contributed by atoms with Crippen molar-refractivity contribution in [1.82, 2.24) is 14.9 Å². The zero-order valence-corrected chi connectivity index (χ0v) is 20.2. The fraction of sp³-hybridized carbons (Fsp3) is 0.650. The molecule has 2 heterocycles. The van der Waals surface area contributed by atoms with E-state index in [-0.39, 0.29) is 24.5 Å². The number of aromatic amines is 1. The van der Waals surface area contributed by atoms with Gasteiger partial charge in [-0.15, -0.1) is 0 Å². The molecule has 1 aliphatic rings. The molecule has 4 atom stereocenters. The zero-order chi connectivity index (χ0) is 25.1. The van der Waals surface area contributed by atoms with E-state index in [1.807, 2.05) is 0 Å². The summed E-state index contributed by atoms with van der Waals surface area (Å²) in [5.74, 6) is -0.375. The van der Waals surface area contributed by atoms with Crippen LogP contribution in [0.25, 0.3) is 6.08 Å². The van der Waals surface area contributed by atoms with Gasteiger partial charge in [-0.3, -0.25) is 28.2 Å². The number of carbonyl (C=O) groups excluding carboxylic acids is 1. The minimum absolute atomic E-state index is 0.0156. The van der Waals surface area contributed by atoms with Crippen LogP contribution in [-0.4, -0.2) is 66.5 Å². The molecule has 0 aliphatic carbocycles. The lowest BCUT2D eigenvalue weighted by Gasteiger charge is -2.19. The van der Waals surface area contributed by atoms with E-state index in [9.17, 15) is 23.8 Å². The van der Waals surface area contributed by atoms with Crippen LogP contribution in [0, 0.1) is 0 Å². The van der Waals surface area contributed by atoms with Crippen LogP contribution < -0.4 is 22.3 Å². The molecule has 1 aromatic rings. The number of hydrogen-bond donors (Lipinski definition) is 4. The van der Waals surface area contributed by atoms with E-state index in [1.54, 1.807) is 0 Å². The summed E-state index contributed by atoms with van der Waals surface area (Å²) in [6, 6.07) is 0. The highest BCUT2D eigenvalue weighted by atomic mass is 31.2. The minimum Gasteiger partial charge on any atom is -0.382 e. The fourth-order valence-electron chi connectivity index (χ4n) is 3.40. The van der Waals surface area contributed by atoms with Gasteiger partial charge >= 0.3 is 13.5 Å². The van der Waals surface area contributed by atoms with Crippen LogP contribution in [0.2, 0.25) is 0 Å². The third-order valence-corrected chi connectivity index (χ3v) is 6.16. The SMILES string of the molecule is COC[C@H]1O[C@@H](n2cc(/C=C/C(=O)NCCCCCCN)c(=O)[nH]c2=O)C[C@H]1OP(=O)(O)OC. The second-order valence-electron chi connectivity index (χ2n) is 7.69. The number of phosphoric ester groups is 1. The molecule has 2 rings (SSSR count). The van der Waals surface area contributed by atoms with Gasteiger partial charge in [0.05, 0.1) is 12.2 Å². The molecule has 0 saturated carbocycles. The van der Waals surface area contributed by atoms with Gasteiger partial charge in [0.2, 0.25) is 5.91 Å². The number of phosphoric acid groups is 1. The average molecular weight is 504 g/mol. The van der Waals surface area contributed by atoms with Gasteiger partial charge in [0.1, 0.15) is 18.4 Å². The Kier molecular flexibility index (Phi) is 11.3. The predicted octanol–water partition coefficient (Wildman–Crippen LogP) is 0.251. The summed E-state index contributed by atoms with van der Waals surface area (Å²) in [6.45, 7) is 1.17. The number of carbonyl (C=O) groups is 1. The topological polar surface area (TPSA) is 184 Å². The molecule has 1 aromatic heterocycles. The smallest absolute Gasteiger partial charge is 0.382 e. The van der Waals surface area contributed by atoms with Crippen molar-refractivity contribution in [2.24, 2.45) is 5.73 Å². The van der Waals surface area contributed by atoms with Crippen molar-refractivity contribution < 1.29 is 32.8 Å². The third kappa shape index (κ3) is 8.58. The average Bonchev–Trinajstić information content (AvgIpc) is 3.17. The van der Waals surface area contributed by atoms with Gasteiger partial charge in [-0.1, -0.05) is 12.8 Å². The number of H-pyrrole nitrogens is 1. The Bertz CT molecular complexity index is 993. The van der Waals surface area contributed by atoms with Gasteiger partial charge in [-0.2, -0.15) is 0 Å². The van der Waals surface area contributed by atoms with E-state index in [0.717, 1.165) is 37.4 Å². The predicted molar refractivity (Wildman–Crippen MR) is 123 cm³/mol. The molecule has 1 fully saturated rings. The monoisotopic (exact) mass is 504 g/mol. The molecule has 0 spiro atoms. The Morgan fingerprint density at radius 1 is 1.35 bits per heavy atom. The maximum absolute atomic E-state index is 12.4. The molecule has 1 unspecified atom stereocenters. The quantitative estimate of drug-likeness (QED) is 0.156. The van der Waals surface area contributed by atoms with Crippen LogP contribution in [-0.2, 0) is 27.9 Å². The number of methoxy groups -OCH3 is 1. The molecule has 0 radical (unpaired) electrons. The van der Waals surface area contributed by atoms with Crippen LogP contribution in [0.5, 0.6) is 0 Å². The summed E-state index contributed by atoms with van der Waals surface area (Å²) >= 11 is 0. The molecule has 5 N–H and O–H groups in total. The van der Waals surface area contributed by atoms with Gasteiger partial charge in [-0.25, -0.2) is 9.36 Å². The Hall–Kier alpha value is -2.12. The molecular formula is C20H33N4O9P. The number of hydrogen-bond acceptors (Lipinski definition) is 9. The fourth-order valence-corrected chi connectivity index (χ4v) is 4.05. The second kappa shape index (κ2) is 13.7. The van der Waals surface area contributed by atoms with Gasteiger partial charge in [0.15, 0.2) is 0 Å². The van der Waals surface area contributed by atoms with Crippen molar-refractivity contribution in [2.75, 3.05) is 33.9 Å². The molecule has 0 aromatic carbocycles. The first-order valence-electron chi connectivity index (χ1n) is 10.9. The number of nitrogens with one attached hydrogen (secondary N) is 2. The molecular weight excluding hydrogens is 471 g/mol. The second-order valence-corrected chi connectivity index (χ2v) is 9.21. The van der Waals surface area contributed by atoms with E-state index >= 15 is 0 Å². The van der Waals surface area contributed by atoms with Crippen LogP contribution in [0.1, 0.15) is 43.9 Å². The Labute approximate surface area is 196 Å². The molecule has 13 nitrogen and oxygen atoms in total. The number of nitrogens with zero attached hydrogens (tertiary/aromatic N) is 1. The molecule has 192 valence electrons. The normalized spacial score (nSPS) is 22.2. The largest absolute Gasteiger partial charge is 0.472 e. The first-order valence-corrected chi connectivity index (χ1v) is 12.4. The molecule has 1 amide bonds. The standard InChI is InChI=1S/C20H33N4O9P/c1-30-13-16-15(33-34(28,29)31-2)11-18(32-16)24-12-14(19(26)23-20(24)27)7-8-17(25)22-10-6-4-3-5-9-21/h7-8,12,15-16,18H,3-6,9-11,13,21H2,1-2H3,(H,22,25)(H,28,29)(H,23,26,27)/b8-7+/t15-,16-,18-/m1/s1. The van der Waals surface area contributed by atoms with Gasteiger partial charge in [0, 0.05) is 39.5 Å². The van der Waals surface area contributed by atoms with E-state index in [4.69, 9.17) is 19.7 Å². The molecule has 1 saturated heterocycles. The van der Waals surface area contributed by atoms with E-state index < -0.39 is 37.5 Å². The van der Waals surface area contributed by atoms with Crippen molar-refractivity contribution in [3.05, 3.63) is 38.7 Å². The molecule has 14 heteroatoms. The van der Waals surface area contributed by atoms with E-state index in [1.165, 1.54) is 25.5 Å². The summed E-state index contributed by atoms with van der Waals surface area (Å²) in [7, 11) is -1.86. The maximum Gasteiger partial charge on any atom is 0.472 e. The number of aromatic nitrogens is 2. The Morgan fingerprint density at radius 2 is 2.09 bits per heavy atom. The van der Waals surface area contributed by atoms with Crippen LogP contribution in [0.3, 0.4) is 0 Å². The van der Waals surface area contributed by atoms with Gasteiger partial charge < -0.3 is 25.4 Å². The lowest BCUT2D eigenvalue weighted by atomic mass is 10.2. The lowest BCUT2D eigenvalue weighted by molar-refractivity contribution is -0.116. The van der Waals surface area contributed by atoms with Gasteiger partial charge in [0.25, 0.3) is 5.56 Å². The first-order chi connectivity index (χ1) is 16.2. The maximum atomic E-state index is 12.4. The van der Waals surface area contributed by atoms with Crippen LogP contribution >= 0.6 is 7.82 Å². The number of nitrogens with two attached hydrogens (primary N) is 1. The number of rotatable bonds is 14. The van der Waals surface area contributed by atoms with Crippen molar-refractivity contribution in [3.63, 3.8) is 0 Å².